The fraction of sp³-hybridized carbons (Fsp3) is 0.500. The zero-order chi connectivity index (χ0) is 11.4. The SMILES string of the molecule is CCC(C)N(C)c1cc(Br)ccc1CN. The molecule has 0 aliphatic rings. The van der Waals surface area contributed by atoms with Gasteiger partial charge in [0.2, 0.25) is 0 Å². The van der Waals surface area contributed by atoms with E-state index in [4.69, 9.17) is 5.73 Å². The van der Waals surface area contributed by atoms with Crippen LogP contribution in [0.2, 0.25) is 0 Å². The van der Waals surface area contributed by atoms with Crippen molar-refractivity contribution < 1.29 is 0 Å². The highest BCUT2D eigenvalue weighted by atomic mass is 79.9. The van der Waals surface area contributed by atoms with Crippen molar-refractivity contribution in [3.05, 3.63) is 28.2 Å². The molecule has 1 unspecified atom stereocenters. The number of rotatable bonds is 4. The van der Waals surface area contributed by atoms with Crippen molar-refractivity contribution in [2.45, 2.75) is 32.9 Å². The van der Waals surface area contributed by atoms with E-state index in [0.29, 0.717) is 12.6 Å². The first kappa shape index (κ1) is 12.5. The molecule has 0 aromatic heterocycles. The molecule has 3 heteroatoms. The lowest BCUT2D eigenvalue weighted by atomic mass is 10.1. The molecule has 0 heterocycles. The molecule has 0 bridgehead atoms. The van der Waals surface area contributed by atoms with Crippen LogP contribution in [0.25, 0.3) is 0 Å². The molecule has 2 N–H and O–H groups in total. The molecule has 1 aromatic carbocycles. The van der Waals surface area contributed by atoms with E-state index < -0.39 is 0 Å². The van der Waals surface area contributed by atoms with Crippen molar-refractivity contribution in [2.24, 2.45) is 5.73 Å². The zero-order valence-corrected chi connectivity index (χ0v) is 11.2. The summed E-state index contributed by atoms with van der Waals surface area (Å²) in [5.41, 5.74) is 8.16. The summed E-state index contributed by atoms with van der Waals surface area (Å²) in [7, 11) is 2.12. The van der Waals surface area contributed by atoms with Crippen LogP contribution in [0.3, 0.4) is 0 Å². The van der Waals surface area contributed by atoms with Crippen molar-refractivity contribution in [1.29, 1.82) is 0 Å². The molecule has 84 valence electrons. The highest BCUT2D eigenvalue weighted by Gasteiger charge is 2.11. The number of halogens is 1. The first-order valence-electron chi connectivity index (χ1n) is 5.31. The van der Waals surface area contributed by atoms with Crippen molar-refractivity contribution in [2.75, 3.05) is 11.9 Å². The van der Waals surface area contributed by atoms with Crippen LogP contribution in [0.15, 0.2) is 22.7 Å². The molecule has 1 aromatic rings. The highest BCUT2D eigenvalue weighted by Crippen LogP contribution is 2.26. The fourth-order valence-electron chi connectivity index (χ4n) is 1.55. The van der Waals surface area contributed by atoms with Gasteiger partial charge in [-0.05, 0) is 31.0 Å². The Kier molecular flexibility index (Phi) is 4.61. The first-order chi connectivity index (χ1) is 7.10. The Balaban J connectivity index is 3.05. The van der Waals surface area contributed by atoms with Gasteiger partial charge >= 0.3 is 0 Å². The summed E-state index contributed by atoms with van der Waals surface area (Å²) in [5.74, 6) is 0. The molecule has 1 atom stereocenters. The van der Waals surface area contributed by atoms with Gasteiger partial charge in [-0.1, -0.05) is 28.9 Å². The number of hydrogen-bond acceptors (Lipinski definition) is 2. The van der Waals surface area contributed by atoms with E-state index in [1.165, 1.54) is 11.3 Å². The predicted octanol–water partition coefficient (Wildman–Crippen LogP) is 3.14. The monoisotopic (exact) mass is 270 g/mol. The lowest BCUT2D eigenvalue weighted by Gasteiger charge is -2.28. The Labute approximate surface area is 101 Å². The lowest BCUT2D eigenvalue weighted by molar-refractivity contribution is 0.661. The van der Waals surface area contributed by atoms with Gasteiger partial charge in [-0.2, -0.15) is 0 Å². The van der Waals surface area contributed by atoms with Crippen LogP contribution < -0.4 is 10.6 Å². The fourth-order valence-corrected chi connectivity index (χ4v) is 1.90. The predicted molar refractivity (Wildman–Crippen MR) is 70.2 cm³/mol. The zero-order valence-electron chi connectivity index (χ0n) is 9.63. The molecule has 0 spiro atoms. The Morgan fingerprint density at radius 3 is 2.67 bits per heavy atom. The van der Waals surface area contributed by atoms with E-state index in [-0.39, 0.29) is 0 Å². The Bertz CT molecular complexity index is 325. The van der Waals surface area contributed by atoms with E-state index in [1.54, 1.807) is 0 Å². The summed E-state index contributed by atoms with van der Waals surface area (Å²) < 4.78 is 1.10. The van der Waals surface area contributed by atoms with Crippen LogP contribution in [0.4, 0.5) is 5.69 Å². The van der Waals surface area contributed by atoms with Gasteiger partial charge in [-0.15, -0.1) is 0 Å². The number of nitrogens with two attached hydrogens (primary N) is 1. The maximum absolute atomic E-state index is 5.74. The van der Waals surface area contributed by atoms with Crippen LogP contribution in [0.1, 0.15) is 25.8 Å². The summed E-state index contributed by atoms with van der Waals surface area (Å²) in [5, 5.41) is 0. The number of nitrogens with zero attached hydrogens (tertiary/aromatic N) is 1. The molecule has 0 saturated heterocycles. The molecule has 0 aliphatic heterocycles. The van der Waals surface area contributed by atoms with Gasteiger partial charge in [0.25, 0.3) is 0 Å². The molecule has 1 rings (SSSR count). The second-order valence-corrected chi connectivity index (χ2v) is 4.76. The minimum atomic E-state index is 0.532. The van der Waals surface area contributed by atoms with Crippen LogP contribution in [0, 0.1) is 0 Å². The Morgan fingerprint density at radius 1 is 1.47 bits per heavy atom. The minimum Gasteiger partial charge on any atom is -0.372 e. The van der Waals surface area contributed by atoms with Crippen LogP contribution in [-0.2, 0) is 6.54 Å². The van der Waals surface area contributed by atoms with Gasteiger partial charge in [0.05, 0.1) is 0 Å². The maximum Gasteiger partial charge on any atom is 0.0422 e. The molecule has 2 nitrogen and oxygen atoms in total. The van der Waals surface area contributed by atoms with Crippen molar-refractivity contribution in [1.82, 2.24) is 0 Å². The second kappa shape index (κ2) is 5.52. The average molecular weight is 271 g/mol. The lowest BCUT2D eigenvalue weighted by Crippen LogP contribution is -2.29. The van der Waals surface area contributed by atoms with Gasteiger partial charge in [0.1, 0.15) is 0 Å². The minimum absolute atomic E-state index is 0.532. The average Bonchev–Trinajstić information content (AvgIpc) is 2.27. The Hall–Kier alpha value is -0.540. The number of benzene rings is 1. The topological polar surface area (TPSA) is 29.3 Å². The smallest absolute Gasteiger partial charge is 0.0422 e. The molecule has 15 heavy (non-hydrogen) atoms. The van der Waals surface area contributed by atoms with Gasteiger partial charge in [-0.3, -0.25) is 0 Å². The third-order valence-corrected chi connectivity index (χ3v) is 3.39. The van der Waals surface area contributed by atoms with Crippen LogP contribution in [0.5, 0.6) is 0 Å². The third kappa shape index (κ3) is 2.95. The van der Waals surface area contributed by atoms with E-state index in [0.717, 1.165) is 10.9 Å². The number of anilines is 1. The second-order valence-electron chi connectivity index (χ2n) is 3.85. The van der Waals surface area contributed by atoms with Gasteiger partial charge < -0.3 is 10.6 Å². The van der Waals surface area contributed by atoms with E-state index in [9.17, 15) is 0 Å². The standard InChI is InChI=1S/C12H19BrN2/c1-4-9(2)15(3)12-7-11(13)6-5-10(12)8-14/h5-7,9H,4,8,14H2,1-3H3. The summed E-state index contributed by atoms with van der Waals surface area (Å²) in [6, 6.07) is 6.78. The van der Waals surface area contributed by atoms with Crippen molar-refractivity contribution >= 4 is 21.6 Å². The molecular weight excluding hydrogens is 252 g/mol. The maximum atomic E-state index is 5.74. The Morgan fingerprint density at radius 2 is 2.13 bits per heavy atom. The molecular formula is C12H19BrN2. The quantitative estimate of drug-likeness (QED) is 0.911. The molecule has 0 fully saturated rings. The van der Waals surface area contributed by atoms with Gasteiger partial charge in [-0.25, -0.2) is 0 Å². The van der Waals surface area contributed by atoms with E-state index >= 15 is 0 Å². The summed E-state index contributed by atoms with van der Waals surface area (Å²) >= 11 is 3.50. The van der Waals surface area contributed by atoms with E-state index in [2.05, 4.69) is 53.9 Å². The normalized spacial score (nSPS) is 12.6. The number of hydrogen-bond donors (Lipinski definition) is 1. The third-order valence-electron chi connectivity index (χ3n) is 2.90. The summed E-state index contributed by atoms with van der Waals surface area (Å²) in [4.78, 5) is 2.28. The summed E-state index contributed by atoms with van der Waals surface area (Å²) in [6.07, 6.45) is 1.13. The highest BCUT2D eigenvalue weighted by molar-refractivity contribution is 9.10. The van der Waals surface area contributed by atoms with Crippen molar-refractivity contribution in [3.63, 3.8) is 0 Å². The van der Waals surface area contributed by atoms with E-state index in [1.807, 2.05) is 6.07 Å². The first-order valence-corrected chi connectivity index (χ1v) is 6.10. The molecule has 0 saturated carbocycles. The largest absolute Gasteiger partial charge is 0.372 e. The van der Waals surface area contributed by atoms with Crippen molar-refractivity contribution in [3.8, 4) is 0 Å². The van der Waals surface area contributed by atoms with Gasteiger partial charge in [0, 0.05) is 29.8 Å². The van der Waals surface area contributed by atoms with Crippen LogP contribution >= 0.6 is 15.9 Å². The summed E-state index contributed by atoms with van der Waals surface area (Å²) in [6.45, 7) is 5.01. The van der Waals surface area contributed by atoms with Gasteiger partial charge in [0.15, 0.2) is 0 Å². The molecule has 0 amide bonds. The molecule has 0 radical (unpaired) electrons. The van der Waals surface area contributed by atoms with Crippen LogP contribution in [-0.4, -0.2) is 13.1 Å². The molecule has 0 aliphatic carbocycles.